The zero-order valence-corrected chi connectivity index (χ0v) is 21.0. The Bertz CT molecular complexity index is 1260. The lowest BCUT2D eigenvalue weighted by atomic mass is 10.1. The predicted molar refractivity (Wildman–Crippen MR) is 136 cm³/mol. The molecule has 0 aliphatic rings. The number of amides is 1. The van der Waals surface area contributed by atoms with Crippen LogP contribution in [0.3, 0.4) is 0 Å². The molecular formula is C23H14FI2N3O4. The van der Waals surface area contributed by atoms with Gasteiger partial charge in [-0.15, -0.1) is 0 Å². The van der Waals surface area contributed by atoms with Gasteiger partial charge < -0.3 is 9.84 Å². The van der Waals surface area contributed by atoms with Gasteiger partial charge in [-0.05, 0) is 98.8 Å². The second-order valence-electron chi connectivity index (χ2n) is 6.61. The molecule has 166 valence electrons. The highest BCUT2D eigenvalue weighted by Gasteiger charge is 2.12. The molecule has 0 aliphatic heterocycles. The van der Waals surface area contributed by atoms with Crippen molar-refractivity contribution in [3.05, 3.63) is 95.4 Å². The van der Waals surface area contributed by atoms with Crippen LogP contribution in [0.15, 0.2) is 59.7 Å². The number of hydrogen-bond acceptors (Lipinski definition) is 5. The Morgan fingerprint density at radius 1 is 1.12 bits per heavy atom. The average Bonchev–Trinajstić information content (AvgIpc) is 2.78. The maximum atomic E-state index is 13.9. The third kappa shape index (κ3) is 6.48. The molecule has 0 aromatic heterocycles. The third-order valence-corrected chi connectivity index (χ3v) is 5.93. The van der Waals surface area contributed by atoms with Crippen LogP contribution in [0, 0.1) is 24.3 Å². The SMILES string of the molecule is N#Cc1ccc(C(=O)N/N=C\c2cc(I)c(OCc3ccc(C(=O)O)cc3)c(I)c2)c(F)c1. The minimum absolute atomic E-state index is 0.122. The van der Waals surface area contributed by atoms with E-state index in [1.165, 1.54) is 30.5 Å². The van der Waals surface area contributed by atoms with E-state index in [0.29, 0.717) is 11.3 Å². The fourth-order valence-electron chi connectivity index (χ4n) is 2.69. The number of benzene rings is 3. The van der Waals surface area contributed by atoms with Crippen molar-refractivity contribution in [2.45, 2.75) is 6.61 Å². The molecule has 0 spiro atoms. The number of nitrogens with one attached hydrogen (secondary N) is 1. The molecule has 0 saturated heterocycles. The molecule has 0 atom stereocenters. The normalized spacial score (nSPS) is 10.6. The van der Waals surface area contributed by atoms with E-state index in [0.717, 1.165) is 18.8 Å². The fourth-order valence-corrected chi connectivity index (χ4v) is 4.81. The van der Waals surface area contributed by atoms with Crippen LogP contribution in [0.4, 0.5) is 4.39 Å². The Labute approximate surface area is 215 Å². The van der Waals surface area contributed by atoms with Gasteiger partial charge in [0.15, 0.2) is 0 Å². The first-order valence-electron chi connectivity index (χ1n) is 9.25. The van der Waals surface area contributed by atoms with E-state index in [-0.39, 0.29) is 23.3 Å². The van der Waals surface area contributed by atoms with Gasteiger partial charge in [-0.3, -0.25) is 4.79 Å². The molecule has 0 bridgehead atoms. The molecule has 2 N–H and O–H groups in total. The molecule has 3 rings (SSSR count). The number of aromatic carboxylic acids is 1. The molecule has 0 fully saturated rings. The maximum Gasteiger partial charge on any atom is 0.335 e. The maximum absolute atomic E-state index is 13.9. The second-order valence-corrected chi connectivity index (χ2v) is 8.93. The lowest BCUT2D eigenvalue weighted by Gasteiger charge is -2.11. The standard InChI is InChI=1S/C23H14FI2N3O4/c24-18-7-14(10-27)3-6-17(18)22(30)29-28-11-15-8-19(25)21(20(26)9-15)33-12-13-1-4-16(5-2-13)23(31)32/h1-9,11H,12H2,(H,29,30)(H,31,32)/b28-11-. The molecule has 0 radical (unpaired) electrons. The number of rotatable bonds is 7. The van der Waals surface area contributed by atoms with Gasteiger partial charge in [0.25, 0.3) is 5.91 Å². The molecule has 0 unspecified atom stereocenters. The molecule has 7 nitrogen and oxygen atoms in total. The van der Waals surface area contributed by atoms with E-state index < -0.39 is 17.7 Å². The molecule has 1 amide bonds. The van der Waals surface area contributed by atoms with E-state index in [9.17, 15) is 14.0 Å². The van der Waals surface area contributed by atoms with Crippen molar-refractivity contribution in [2.24, 2.45) is 5.10 Å². The Balaban J connectivity index is 1.64. The first kappa shape index (κ1) is 24.6. The average molecular weight is 669 g/mol. The highest BCUT2D eigenvalue weighted by Crippen LogP contribution is 2.29. The Morgan fingerprint density at radius 3 is 2.36 bits per heavy atom. The summed E-state index contributed by atoms with van der Waals surface area (Å²) in [5.74, 6) is -1.85. The van der Waals surface area contributed by atoms with Crippen molar-refractivity contribution in [2.75, 3.05) is 0 Å². The molecular weight excluding hydrogens is 655 g/mol. The quantitative estimate of drug-likeness (QED) is 0.210. The summed E-state index contributed by atoms with van der Waals surface area (Å²) in [5, 5.41) is 21.6. The zero-order chi connectivity index (χ0) is 24.0. The number of ether oxygens (including phenoxy) is 1. The van der Waals surface area contributed by atoms with Gasteiger partial charge >= 0.3 is 5.97 Å². The number of carboxylic acids is 1. The van der Waals surface area contributed by atoms with Crippen LogP contribution in [0.1, 0.15) is 37.4 Å². The van der Waals surface area contributed by atoms with Crippen molar-refractivity contribution in [1.82, 2.24) is 5.43 Å². The Morgan fingerprint density at radius 2 is 1.79 bits per heavy atom. The van der Waals surface area contributed by atoms with Gasteiger partial charge in [0.2, 0.25) is 0 Å². The van der Waals surface area contributed by atoms with Crippen LogP contribution in [0.25, 0.3) is 0 Å². The van der Waals surface area contributed by atoms with Crippen molar-refractivity contribution >= 4 is 63.3 Å². The highest BCUT2D eigenvalue weighted by atomic mass is 127. The minimum Gasteiger partial charge on any atom is -0.487 e. The number of nitriles is 1. The van der Waals surface area contributed by atoms with Crippen LogP contribution in [0.2, 0.25) is 0 Å². The molecule has 10 heteroatoms. The van der Waals surface area contributed by atoms with E-state index in [1.807, 2.05) is 12.1 Å². The first-order chi connectivity index (χ1) is 15.8. The third-order valence-electron chi connectivity index (χ3n) is 4.33. The molecule has 33 heavy (non-hydrogen) atoms. The number of carboxylic acid groups (broad SMARTS) is 1. The van der Waals surface area contributed by atoms with Crippen LogP contribution >= 0.6 is 45.2 Å². The summed E-state index contributed by atoms with van der Waals surface area (Å²) in [5.41, 5.74) is 3.91. The van der Waals surface area contributed by atoms with Crippen LogP contribution < -0.4 is 10.2 Å². The van der Waals surface area contributed by atoms with E-state index in [1.54, 1.807) is 18.2 Å². The van der Waals surface area contributed by atoms with Crippen molar-refractivity contribution in [1.29, 1.82) is 5.26 Å². The molecule has 3 aromatic carbocycles. The summed E-state index contributed by atoms with van der Waals surface area (Å²) in [6.45, 7) is 0.269. The van der Waals surface area contributed by atoms with Gasteiger partial charge in [0, 0.05) is 0 Å². The second kappa shape index (κ2) is 11.2. The smallest absolute Gasteiger partial charge is 0.335 e. The summed E-state index contributed by atoms with van der Waals surface area (Å²) < 4.78 is 21.5. The number of halogens is 3. The Kier molecular flexibility index (Phi) is 8.34. The van der Waals surface area contributed by atoms with Gasteiger partial charge in [-0.2, -0.15) is 10.4 Å². The molecule has 3 aromatic rings. The molecule has 0 heterocycles. The van der Waals surface area contributed by atoms with E-state index in [4.69, 9.17) is 15.1 Å². The lowest BCUT2D eigenvalue weighted by molar-refractivity contribution is 0.0696. The predicted octanol–water partition coefficient (Wildman–Crippen LogP) is 4.95. The number of hydrazone groups is 1. The summed E-state index contributed by atoms with van der Waals surface area (Å²) in [6.07, 6.45) is 1.43. The van der Waals surface area contributed by atoms with Crippen LogP contribution in [-0.4, -0.2) is 23.2 Å². The summed E-state index contributed by atoms with van der Waals surface area (Å²) >= 11 is 4.24. The highest BCUT2D eigenvalue weighted by molar-refractivity contribution is 14.1. The number of hydrogen-bond donors (Lipinski definition) is 2. The molecule has 0 saturated carbocycles. The number of carbonyl (C=O) groups excluding carboxylic acids is 1. The van der Waals surface area contributed by atoms with E-state index in [2.05, 4.69) is 55.7 Å². The largest absolute Gasteiger partial charge is 0.487 e. The van der Waals surface area contributed by atoms with Gasteiger partial charge in [-0.1, -0.05) is 12.1 Å². The molecule has 0 aliphatic carbocycles. The minimum atomic E-state index is -0.984. The summed E-state index contributed by atoms with van der Waals surface area (Å²) in [6, 6.07) is 15.4. The van der Waals surface area contributed by atoms with Crippen LogP contribution in [0.5, 0.6) is 5.75 Å². The Hall–Kier alpha value is -3.05. The number of nitrogens with zero attached hydrogens (tertiary/aromatic N) is 2. The zero-order valence-electron chi connectivity index (χ0n) is 16.7. The first-order valence-corrected chi connectivity index (χ1v) is 11.4. The van der Waals surface area contributed by atoms with Crippen molar-refractivity contribution < 1.29 is 23.8 Å². The summed E-state index contributed by atoms with van der Waals surface area (Å²) in [7, 11) is 0. The van der Waals surface area contributed by atoms with Crippen molar-refractivity contribution in [3.63, 3.8) is 0 Å². The van der Waals surface area contributed by atoms with Gasteiger partial charge in [-0.25, -0.2) is 14.6 Å². The summed E-state index contributed by atoms with van der Waals surface area (Å²) in [4.78, 5) is 23.1. The number of carbonyl (C=O) groups is 2. The van der Waals surface area contributed by atoms with Gasteiger partial charge in [0.1, 0.15) is 18.2 Å². The topological polar surface area (TPSA) is 112 Å². The monoisotopic (exact) mass is 669 g/mol. The lowest BCUT2D eigenvalue weighted by Crippen LogP contribution is -2.19. The fraction of sp³-hybridized carbons (Fsp3) is 0.0435. The van der Waals surface area contributed by atoms with E-state index >= 15 is 0 Å². The van der Waals surface area contributed by atoms with Crippen LogP contribution in [-0.2, 0) is 6.61 Å². The van der Waals surface area contributed by atoms with Crippen molar-refractivity contribution in [3.8, 4) is 11.8 Å². The van der Waals surface area contributed by atoms with Gasteiger partial charge in [0.05, 0.1) is 36.1 Å².